The molecule has 2 aliphatic rings. The normalized spacial score (nSPS) is 19.2. The first-order chi connectivity index (χ1) is 11.7. The topological polar surface area (TPSA) is 54.0 Å². The molecule has 6 heteroatoms. The van der Waals surface area contributed by atoms with Crippen LogP contribution < -0.4 is 14.8 Å². The minimum Gasteiger partial charge on any atom is -0.454 e. The number of hydrogen-bond acceptors (Lipinski definition) is 5. The number of carbonyl (C=O) groups excluding carboxylic acids is 1. The molecule has 1 atom stereocenters. The summed E-state index contributed by atoms with van der Waals surface area (Å²) in [5, 5.41) is 2.98. The molecule has 2 aliphatic heterocycles. The van der Waals surface area contributed by atoms with Gasteiger partial charge >= 0.3 is 0 Å². The molecule has 24 heavy (non-hydrogen) atoms. The zero-order valence-electron chi connectivity index (χ0n) is 14.6. The van der Waals surface area contributed by atoms with Crippen molar-refractivity contribution in [1.82, 2.24) is 15.1 Å². The minimum absolute atomic E-state index is 0.0516. The molecule has 1 N–H and O–H groups in total. The standard InChI is InChI=1S/C18H27N3O3/c1-3-6-19-18(22)14(2)21-9-7-20(8-10-21)12-15-4-5-16-17(11-15)24-13-23-16/h4-5,11,14H,3,6-10,12-13H2,1-2H3,(H,19,22)/t14-/m1/s1. The van der Waals surface area contributed by atoms with Gasteiger partial charge in [-0.25, -0.2) is 0 Å². The summed E-state index contributed by atoms with van der Waals surface area (Å²) < 4.78 is 10.8. The lowest BCUT2D eigenvalue weighted by Crippen LogP contribution is -2.53. The van der Waals surface area contributed by atoms with Crippen molar-refractivity contribution in [3.05, 3.63) is 23.8 Å². The van der Waals surface area contributed by atoms with Crippen molar-refractivity contribution in [3.8, 4) is 11.5 Å². The summed E-state index contributed by atoms with van der Waals surface area (Å²) in [4.78, 5) is 16.8. The Labute approximate surface area is 143 Å². The van der Waals surface area contributed by atoms with E-state index in [-0.39, 0.29) is 11.9 Å². The molecule has 0 unspecified atom stereocenters. The molecule has 3 rings (SSSR count). The van der Waals surface area contributed by atoms with E-state index in [1.54, 1.807) is 0 Å². The largest absolute Gasteiger partial charge is 0.454 e. The molecular weight excluding hydrogens is 306 g/mol. The first-order valence-corrected chi connectivity index (χ1v) is 8.80. The highest BCUT2D eigenvalue weighted by Crippen LogP contribution is 2.32. The molecule has 132 valence electrons. The third-order valence-electron chi connectivity index (χ3n) is 4.73. The second kappa shape index (κ2) is 7.85. The molecule has 0 aliphatic carbocycles. The highest BCUT2D eigenvalue weighted by molar-refractivity contribution is 5.81. The first-order valence-electron chi connectivity index (χ1n) is 8.80. The maximum Gasteiger partial charge on any atom is 0.237 e. The number of rotatable bonds is 6. The lowest BCUT2D eigenvalue weighted by atomic mass is 10.1. The predicted octanol–water partition coefficient (Wildman–Crippen LogP) is 1.45. The minimum atomic E-state index is -0.0516. The fraction of sp³-hybridized carbons (Fsp3) is 0.611. The van der Waals surface area contributed by atoms with Gasteiger partial charge in [0.05, 0.1) is 6.04 Å². The number of piperazine rings is 1. The fourth-order valence-corrected chi connectivity index (χ4v) is 3.17. The average molecular weight is 333 g/mol. The van der Waals surface area contributed by atoms with E-state index in [0.29, 0.717) is 6.79 Å². The lowest BCUT2D eigenvalue weighted by molar-refractivity contribution is -0.126. The van der Waals surface area contributed by atoms with Crippen LogP contribution in [0.2, 0.25) is 0 Å². The van der Waals surface area contributed by atoms with Crippen LogP contribution in [0.4, 0.5) is 0 Å². The maximum atomic E-state index is 12.1. The Bertz CT molecular complexity index is 571. The van der Waals surface area contributed by atoms with Gasteiger partial charge in [-0.05, 0) is 31.0 Å². The third kappa shape index (κ3) is 3.99. The van der Waals surface area contributed by atoms with Crippen LogP contribution in [-0.2, 0) is 11.3 Å². The van der Waals surface area contributed by atoms with Crippen molar-refractivity contribution < 1.29 is 14.3 Å². The van der Waals surface area contributed by atoms with Gasteiger partial charge in [0.1, 0.15) is 0 Å². The number of fused-ring (bicyclic) bond motifs is 1. The van der Waals surface area contributed by atoms with Crippen molar-refractivity contribution >= 4 is 5.91 Å². The van der Waals surface area contributed by atoms with E-state index < -0.39 is 0 Å². The molecule has 0 spiro atoms. The number of carbonyl (C=O) groups is 1. The van der Waals surface area contributed by atoms with Gasteiger partial charge in [0.25, 0.3) is 0 Å². The summed E-state index contributed by atoms with van der Waals surface area (Å²) in [5.41, 5.74) is 1.24. The Morgan fingerprint density at radius 2 is 1.96 bits per heavy atom. The van der Waals surface area contributed by atoms with Crippen molar-refractivity contribution in [2.24, 2.45) is 0 Å². The Hall–Kier alpha value is -1.79. The van der Waals surface area contributed by atoms with Crippen LogP contribution in [0.3, 0.4) is 0 Å². The van der Waals surface area contributed by atoms with Crippen LogP contribution >= 0.6 is 0 Å². The quantitative estimate of drug-likeness (QED) is 0.854. The number of nitrogens with one attached hydrogen (secondary N) is 1. The van der Waals surface area contributed by atoms with E-state index in [1.165, 1.54) is 5.56 Å². The summed E-state index contributed by atoms with van der Waals surface area (Å²) in [6.07, 6.45) is 0.974. The molecule has 0 saturated carbocycles. The van der Waals surface area contributed by atoms with Gasteiger partial charge < -0.3 is 14.8 Å². The van der Waals surface area contributed by atoms with Gasteiger partial charge in [-0.2, -0.15) is 0 Å². The van der Waals surface area contributed by atoms with Crippen molar-refractivity contribution in [2.75, 3.05) is 39.5 Å². The Morgan fingerprint density at radius 1 is 1.21 bits per heavy atom. The molecule has 0 aromatic heterocycles. The first kappa shape index (κ1) is 17.0. The van der Waals surface area contributed by atoms with Crippen molar-refractivity contribution in [2.45, 2.75) is 32.9 Å². The molecule has 1 aromatic carbocycles. The van der Waals surface area contributed by atoms with Crippen LogP contribution in [-0.4, -0.2) is 61.3 Å². The van der Waals surface area contributed by atoms with Gasteiger partial charge in [-0.3, -0.25) is 14.6 Å². The van der Waals surface area contributed by atoms with Gasteiger partial charge in [0.15, 0.2) is 11.5 Å². The zero-order valence-corrected chi connectivity index (χ0v) is 14.6. The number of benzene rings is 1. The monoisotopic (exact) mass is 333 g/mol. The van der Waals surface area contributed by atoms with Crippen LogP contribution in [0.5, 0.6) is 11.5 Å². The molecular formula is C18H27N3O3. The maximum absolute atomic E-state index is 12.1. The summed E-state index contributed by atoms with van der Waals surface area (Å²) >= 11 is 0. The van der Waals surface area contributed by atoms with E-state index >= 15 is 0 Å². The van der Waals surface area contributed by atoms with E-state index in [2.05, 4.69) is 34.2 Å². The summed E-state index contributed by atoms with van der Waals surface area (Å²) in [7, 11) is 0. The molecule has 1 aromatic rings. The average Bonchev–Trinajstić information content (AvgIpc) is 3.07. The summed E-state index contributed by atoms with van der Waals surface area (Å²) in [6.45, 7) is 9.83. The van der Waals surface area contributed by atoms with E-state index in [9.17, 15) is 4.79 Å². The molecule has 6 nitrogen and oxygen atoms in total. The Morgan fingerprint density at radius 3 is 2.71 bits per heavy atom. The zero-order chi connectivity index (χ0) is 16.9. The number of ether oxygens (including phenoxy) is 2. The van der Waals surface area contributed by atoms with Crippen LogP contribution in [0.1, 0.15) is 25.8 Å². The van der Waals surface area contributed by atoms with Crippen molar-refractivity contribution in [1.29, 1.82) is 0 Å². The van der Waals surface area contributed by atoms with Gasteiger partial charge in [0.2, 0.25) is 12.7 Å². The SMILES string of the molecule is CCCNC(=O)[C@@H](C)N1CCN(Cc2ccc3c(c2)OCO3)CC1. The Kier molecular flexibility index (Phi) is 5.58. The number of nitrogens with zero attached hydrogens (tertiary/aromatic N) is 2. The summed E-state index contributed by atoms with van der Waals surface area (Å²) in [5.74, 6) is 1.81. The predicted molar refractivity (Wildman–Crippen MR) is 92.2 cm³/mol. The molecule has 0 radical (unpaired) electrons. The van der Waals surface area contributed by atoms with Gasteiger partial charge in [-0.1, -0.05) is 13.0 Å². The molecule has 1 amide bonds. The highest BCUT2D eigenvalue weighted by atomic mass is 16.7. The van der Waals surface area contributed by atoms with Gasteiger partial charge in [0, 0.05) is 39.3 Å². The summed E-state index contributed by atoms with van der Waals surface area (Å²) in [6, 6.07) is 6.09. The molecule has 2 heterocycles. The fourth-order valence-electron chi connectivity index (χ4n) is 3.17. The molecule has 1 saturated heterocycles. The van der Waals surface area contributed by atoms with Crippen LogP contribution in [0.25, 0.3) is 0 Å². The number of hydrogen-bond donors (Lipinski definition) is 1. The van der Waals surface area contributed by atoms with E-state index in [0.717, 1.165) is 57.2 Å². The second-order valence-electron chi connectivity index (χ2n) is 6.47. The highest BCUT2D eigenvalue weighted by Gasteiger charge is 2.25. The molecule has 0 bridgehead atoms. The third-order valence-corrected chi connectivity index (χ3v) is 4.73. The van der Waals surface area contributed by atoms with Crippen LogP contribution in [0, 0.1) is 0 Å². The molecule has 1 fully saturated rings. The lowest BCUT2D eigenvalue weighted by Gasteiger charge is -2.37. The second-order valence-corrected chi connectivity index (χ2v) is 6.47. The Balaban J connectivity index is 1.47. The number of amides is 1. The van der Waals surface area contributed by atoms with Crippen LogP contribution in [0.15, 0.2) is 18.2 Å². The van der Waals surface area contributed by atoms with Gasteiger partial charge in [-0.15, -0.1) is 0 Å². The smallest absolute Gasteiger partial charge is 0.237 e. The van der Waals surface area contributed by atoms with Crippen molar-refractivity contribution in [3.63, 3.8) is 0 Å². The van der Waals surface area contributed by atoms with E-state index in [4.69, 9.17) is 9.47 Å². The van der Waals surface area contributed by atoms with E-state index in [1.807, 2.05) is 13.0 Å².